The molecule has 0 saturated heterocycles. The van der Waals surface area contributed by atoms with Crippen molar-refractivity contribution in [2.75, 3.05) is 52.4 Å². The van der Waals surface area contributed by atoms with Crippen molar-refractivity contribution in [3.63, 3.8) is 0 Å². The molecule has 0 amide bonds. The van der Waals surface area contributed by atoms with Gasteiger partial charge < -0.3 is 19.6 Å². The quantitative estimate of drug-likeness (QED) is 0.231. The summed E-state index contributed by atoms with van der Waals surface area (Å²) in [5.74, 6) is 0.196. The van der Waals surface area contributed by atoms with E-state index in [0.717, 1.165) is 75.1 Å². The van der Waals surface area contributed by atoms with Crippen LogP contribution in [0.15, 0.2) is 22.8 Å². The van der Waals surface area contributed by atoms with Crippen LogP contribution in [0.2, 0.25) is 0 Å². The number of carbonyl (C=O) groups excluding carboxylic acids is 1. The zero-order valence-corrected chi connectivity index (χ0v) is 22.5. The van der Waals surface area contributed by atoms with Crippen LogP contribution in [0.4, 0.5) is 0 Å². The van der Waals surface area contributed by atoms with Crippen molar-refractivity contribution in [3.05, 3.63) is 42.7 Å². The first-order valence-corrected chi connectivity index (χ1v) is 11.1. The molecule has 0 radical (unpaired) electrons. The molecule has 1 aliphatic carbocycles. The molecule has 0 aromatic heterocycles. The summed E-state index contributed by atoms with van der Waals surface area (Å²) < 4.78 is 22.5. The van der Waals surface area contributed by atoms with E-state index < -0.39 is 0 Å². The Labute approximate surface area is 211 Å². The van der Waals surface area contributed by atoms with Gasteiger partial charge in [0, 0.05) is 69.4 Å². The van der Waals surface area contributed by atoms with Gasteiger partial charge in [-0.05, 0) is 55.4 Å². The second kappa shape index (κ2) is 23.3. The molecular weight excluding hydrogens is 464 g/mol. The topological polar surface area (TPSA) is 89.7 Å². The van der Waals surface area contributed by atoms with E-state index in [-0.39, 0.29) is 22.9 Å². The molecule has 0 unspecified atom stereocenters. The second-order valence-corrected chi connectivity index (χ2v) is 6.41. The Morgan fingerprint density at radius 1 is 0.455 bits per heavy atom. The third-order valence-electron chi connectivity index (χ3n) is 5.42. The average Bonchev–Trinajstić information content (AvgIpc) is 3.14. The first-order chi connectivity index (χ1) is 15.5. The van der Waals surface area contributed by atoms with Crippen LogP contribution in [0.5, 0.6) is 0 Å². The Morgan fingerprint density at radius 2 is 0.606 bits per heavy atom. The molecule has 1 aliphatic rings. The summed E-state index contributed by atoms with van der Waals surface area (Å²) in [4.78, 5) is 22.8. The van der Waals surface area contributed by atoms with Gasteiger partial charge in [-0.3, -0.25) is 4.79 Å². The van der Waals surface area contributed by atoms with Crippen molar-refractivity contribution >= 4 is 5.78 Å². The molecule has 0 bridgehead atoms. The van der Waals surface area contributed by atoms with Crippen molar-refractivity contribution in [1.29, 1.82) is 0 Å². The van der Waals surface area contributed by atoms with Gasteiger partial charge in [-0.1, -0.05) is 0 Å². The van der Waals surface area contributed by atoms with Crippen LogP contribution in [-0.4, -0.2) is 77.7 Å². The van der Waals surface area contributed by atoms with Crippen LogP contribution in [-0.2, 0) is 35.8 Å². The standard InChI is InChI=1S/C21H40N4O.3CO.Fe/c1-9-22(10-2)17-18(23(11-3)12-4)20(25(15-7)16-8)21(26)19(17)24(13-5)14-6;3*1-2;/h9-16H2,1-8H3;;;;. The van der Waals surface area contributed by atoms with Gasteiger partial charge in [0.15, 0.2) is 0 Å². The van der Waals surface area contributed by atoms with Crippen LogP contribution in [0, 0.1) is 20.0 Å². The third-order valence-corrected chi connectivity index (χ3v) is 5.42. The van der Waals surface area contributed by atoms with E-state index in [0.29, 0.717) is 0 Å². The average molecular weight is 504 g/mol. The van der Waals surface area contributed by atoms with E-state index in [1.165, 1.54) is 0 Å². The fourth-order valence-electron chi connectivity index (χ4n) is 3.90. The molecule has 0 fully saturated rings. The molecule has 1 rings (SSSR count). The van der Waals surface area contributed by atoms with Gasteiger partial charge in [0.1, 0.15) is 11.4 Å². The Hall–Kier alpha value is -1.91. The molecule has 0 atom stereocenters. The summed E-state index contributed by atoms with van der Waals surface area (Å²) in [7, 11) is 0. The van der Waals surface area contributed by atoms with Crippen molar-refractivity contribution in [3.8, 4) is 0 Å². The fourth-order valence-corrected chi connectivity index (χ4v) is 3.90. The summed E-state index contributed by atoms with van der Waals surface area (Å²) in [6.45, 7) is 37.7. The maximum Gasteiger partial charge on any atom is 0 e. The molecule has 9 heteroatoms. The molecular formula is C24H40FeN4O4. The van der Waals surface area contributed by atoms with Crippen LogP contribution < -0.4 is 0 Å². The van der Waals surface area contributed by atoms with Gasteiger partial charge in [-0.25, -0.2) is 0 Å². The van der Waals surface area contributed by atoms with Crippen molar-refractivity contribution in [2.24, 2.45) is 0 Å². The second-order valence-electron chi connectivity index (χ2n) is 6.41. The van der Waals surface area contributed by atoms with Crippen molar-refractivity contribution < 1.29 is 35.8 Å². The van der Waals surface area contributed by atoms with Crippen LogP contribution in [0.1, 0.15) is 55.4 Å². The molecule has 8 nitrogen and oxygen atoms in total. The summed E-state index contributed by atoms with van der Waals surface area (Å²) in [6.07, 6.45) is 0. The van der Waals surface area contributed by atoms with Gasteiger partial charge in [-0.2, -0.15) is 0 Å². The smallest absolute Gasteiger partial charge is 0 e. The summed E-state index contributed by atoms with van der Waals surface area (Å²) >= 11 is 0. The van der Waals surface area contributed by atoms with E-state index in [2.05, 4.69) is 94.9 Å². The minimum atomic E-state index is 0. The molecule has 188 valence electrons. The molecule has 0 aromatic rings. The van der Waals surface area contributed by atoms with Crippen molar-refractivity contribution in [2.45, 2.75) is 55.4 Å². The third kappa shape index (κ3) is 9.46. The number of nitrogens with zero attached hydrogens (tertiary/aromatic N) is 4. The maximum atomic E-state index is 13.7. The first kappa shape index (κ1) is 38.4. The minimum Gasteiger partial charge on any atom is 0 e. The number of carbonyl (C=O) groups is 1. The predicted molar refractivity (Wildman–Crippen MR) is 123 cm³/mol. The largest absolute Gasteiger partial charge is 0 e. The summed E-state index contributed by atoms with van der Waals surface area (Å²) in [5.41, 5.74) is 4.05. The zero-order chi connectivity index (χ0) is 25.9. The number of ketones is 1. The monoisotopic (exact) mass is 504 g/mol. The van der Waals surface area contributed by atoms with Gasteiger partial charge in [-0.15, -0.1) is 0 Å². The van der Waals surface area contributed by atoms with E-state index in [9.17, 15) is 4.79 Å². The molecule has 0 spiro atoms. The normalized spacial score (nSPS) is 11.5. The Kier molecular flexibility index (Phi) is 27.0. The molecule has 0 aromatic carbocycles. The van der Waals surface area contributed by atoms with E-state index in [4.69, 9.17) is 14.0 Å². The van der Waals surface area contributed by atoms with E-state index in [1.807, 2.05) is 0 Å². The SMILES string of the molecule is CCN(CC)C1=C(N(CC)CC)C(N(CC)CC)=C(N(CC)CC)C1=O.[C-]#[O+].[C-]#[O+].[C-]#[O+].[Fe]. The molecule has 0 aliphatic heterocycles. The van der Waals surface area contributed by atoms with Crippen LogP contribution in [0.3, 0.4) is 0 Å². The van der Waals surface area contributed by atoms with Gasteiger partial charge in [0.25, 0.3) is 0 Å². The van der Waals surface area contributed by atoms with Gasteiger partial charge in [0.2, 0.25) is 5.78 Å². The molecule has 0 N–H and O–H groups in total. The van der Waals surface area contributed by atoms with Crippen LogP contribution >= 0.6 is 0 Å². The molecule has 33 heavy (non-hydrogen) atoms. The van der Waals surface area contributed by atoms with Crippen LogP contribution in [0.25, 0.3) is 0 Å². The zero-order valence-electron chi connectivity index (χ0n) is 21.4. The van der Waals surface area contributed by atoms with Crippen molar-refractivity contribution in [1.82, 2.24) is 19.6 Å². The number of hydrogen-bond acceptors (Lipinski definition) is 5. The number of rotatable bonds is 12. The number of hydrogen-bond donors (Lipinski definition) is 0. The van der Waals surface area contributed by atoms with E-state index >= 15 is 0 Å². The Bertz CT molecular complexity index is 595. The Morgan fingerprint density at radius 3 is 0.758 bits per heavy atom. The number of likely N-dealkylation sites (N-methyl/N-ethyl adjacent to an activating group) is 4. The van der Waals surface area contributed by atoms with Gasteiger partial charge in [0.05, 0.1) is 11.4 Å². The Balaban J connectivity index is -0.000000553. The fraction of sp³-hybridized carbons (Fsp3) is 0.667. The minimum absolute atomic E-state index is 0. The number of Topliss-reactive ketones (excluding diaryl/α,β-unsaturated/α-hetero) is 1. The maximum absolute atomic E-state index is 13.7. The molecule has 0 heterocycles. The summed E-state index contributed by atoms with van der Waals surface area (Å²) in [6, 6.07) is 0. The van der Waals surface area contributed by atoms with E-state index in [1.54, 1.807) is 0 Å². The predicted octanol–water partition coefficient (Wildman–Crippen LogP) is 3.24. The van der Waals surface area contributed by atoms with Gasteiger partial charge >= 0.3 is 33.9 Å². The summed E-state index contributed by atoms with van der Waals surface area (Å²) in [5, 5.41) is 0. The molecule has 0 saturated carbocycles. The first-order valence-electron chi connectivity index (χ1n) is 11.1.